The molecule has 7 heteroatoms. The molecule has 2 amide bonds. The lowest BCUT2D eigenvalue weighted by atomic mass is 10.1. The molecule has 1 fully saturated rings. The van der Waals surface area contributed by atoms with E-state index in [1.165, 1.54) is 12.0 Å². The van der Waals surface area contributed by atoms with Gasteiger partial charge in [0.2, 0.25) is 11.8 Å². The first kappa shape index (κ1) is 17.6. The molecular formula is C18H16Cl2N2O3. The van der Waals surface area contributed by atoms with Gasteiger partial charge in [-0.1, -0.05) is 23.2 Å². The molecule has 1 aliphatic rings. The Morgan fingerprint density at radius 1 is 1.16 bits per heavy atom. The van der Waals surface area contributed by atoms with Crippen LogP contribution in [0, 0.1) is 5.92 Å². The van der Waals surface area contributed by atoms with Crippen molar-refractivity contribution in [3.63, 3.8) is 0 Å². The molecule has 2 aromatic carbocycles. The highest BCUT2D eigenvalue weighted by atomic mass is 35.5. The summed E-state index contributed by atoms with van der Waals surface area (Å²) < 4.78 is 5.30. The molecule has 1 heterocycles. The molecule has 1 atom stereocenters. The molecule has 1 saturated heterocycles. The van der Waals surface area contributed by atoms with E-state index in [-0.39, 0.29) is 24.8 Å². The van der Waals surface area contributed by atoms with Gasteiger partial charge in [0.1, 0.15) is 5.75 Å². The van der Waals surface area contributed by atoms with Gasteiger partial charge >= 0.3 is 0 Å². The normalized spacial score (nSPS) is 16.8. The highest BCUT2D eigenvalue weighted by Gasteiger charge is 2.36. The minimum Gasteiger partial charge on any atom is -0.495 e. The van der Waals surface area contributed by atoms with Gasteiger partial charge in [-0.25, -0.2) is 0 Å². The summed E-state index contributed by atoms with van der Waals surface area (Å²) >= 11 is 11.9. The quantitative estimate of drug-likeness (QED) is 0.874. The van der Waals surface area contributed by atoms with Gasteiger partial charge in [0, 0.05) is 28.7 Å². The largest absolute Gasteiger partial charge is 0.495 e. The number of amides is 2. The Morgan fingerprint density at radius 2 is 1.84 bits per heavy atom. The molecule has 0 aromatic heterocycles. The topological polar surface area (TPSA) is 58.6 Å². The molecule has 0 radical (unpaired) electrons. The van der Waals surface area contributed by atoms with Crippen LogP contribution in [0.25, 0.3) is 0 Å². The molecule has 25 heavy (non-hydrogen) atoms. The summed E-state index contributed by atoms with van der Waals surface area (Å²) in [6.45, 7) is 0.273. The van der Waals surface area contributed by atoms with Crippen molar-refractivity contribution >= 4 is 46.4 Å². The van der Waals surface area contributed by atoms with E-state index in [4.69, 9.17) is 27.9 Å². The fourth-order valence-electron chi connectivity index (χ4n) is 2.77. The van der Waals surface area contributed by atoms with Crippen LogP contribution in [-0.4, -0.2) is 25.5 Å². The average Bonchev–Trinajstić information content (AvgIpc) is 2.98. The Balaban J connectivity index is 1.75. The van der Waals surface area contributed by atoms with Gasteiger partial charge in [0.15, 0.2) is 0 Å². The molecule has 1 N–H and O–H groups in total. The number of anilines is 2. The van der Waals surface area contributed by atoms with E-state index < -0.39 is 5.92 Å². The Bertz CT molecular complexity index is 808. The van der Waals surface area contributed by atoms with Gasteiger partial charge in [-0.3, -0.25) is 9.59 Å². The summed E-state index contributed by atoms with van der Waals surface area (Å²) in [4.78, 5) is 26.4. The number of carbonyl (C=O) groups excluding carboxylic acids is 2. The zero-order valence-electron chi connectivity index (χ0n) is 13.5. The Morgan fingerprint density at radius 3 is 2.52 bits per heavy atom. The monoisotopic (exact) mass is 378 g/mol. The van der Waals surface area contributed by atoms with Crippen molar-refractivity contribution in [1.29, 1.82) is 0 Å². The van der Waals surface area contributed by atoms with Crippen LogP contribution in [0.2, 0.25) is 10.0 Å². The van der Waals surface area contributed by atoms with Crippen molar-refractivity contribution in [2.75, 3.05) is 23.9 Å². The number of hydrogen-bond acceptors (Lipinski definition) is 3. The molecule has 3 rings (SSSR count). The number of nitrogens with one attached hydrogen (secondary N) is 1. The van der Waals surface area contributed by atoms with E-state index >= 15 is 0 Å². The summed E-state index contributed by atoms with van der Waals surface area (Å²) in [7, 11) is 1.53. The van der Waals surface area contributed by atoms with Gasteiger partial charge in [0.05, 0.1) is 18.7 Å². The first-order valence-electron chi connectivity index (χ1n) is 7.68. The number of ether oxygens (including phenoxy) is 1. The van der Waals surface area contributed by atoms with Crippen LogP contribution in [-0.2, 0) is 9.59 Å². The van der Waals surface area contributed by atoms with Crippen LogP contribution in [0.3, 0.4) is 0 Å². The summed E-state index contributed by atoms with van der Waals surface area (Å²) in [6, 6.07) is 11.9. The molecule has 1 aliphatic heterocycles. The van der Waals surface area contributed by atoms with Gasteiger partial charge < -0.3 is 15.0 Å². The number of methoxy groups -OCH3 is 1. The molecule has 0 saturated carbocycles. The maximum absolute atomic E-state index is 12.5. The van der Waals surface area contributed by atoms with E-state index in [1.807, 2.05) is 0 Å². The second-order valence-electron chi connectivity index (χ2n) is 5.72. The van der Waals surface area contributed by atoms with Gasteiger partial charge in [-0.15, -0.1) is 0 Å². The van der Waals surface area contributed by atoms with E-state index in [0.717, 1.165) is 0 Å². The van der Waals surface area contributed by atoms with Crippen LogP contribution in [0.5, 0.6) is 5.75 Å². The fraction of sp³-hybridized carbons (Fsp3) is 0.222. The number of hydrogen-bond donors (Lipinski definition) is 1. The lowest BCUT2D eigenvalue weighted by molar-refractivity contribution is -0.122. The number of carbonyl (C=O) groups is 2. The highest BCUT2D eigenvalue weighted by Crippen LogP contribution is 2.35. The third kappa shape index (κ3) is 3.89. The van der Waals surface area contributed by atoms with Crippen molar-refractivity contribution in [2.24, 2.45) is 5.92 Å². The Kier molecular flexibility index (Phi) is 5.16. The number of nitrogens with zero attached hydrogens (tertiary/aromatic N) is 1. The lowest BCUT2D eigenvalue weighted by Gasteiger charge is -2.19. The molecule has 5 nitrogen and oxygen atoms in total. The molecule has 2 aromatic rings. The second-order valence-corrected chi connectivity index (χ2v) is 6.59. The zero-order valence-corrected chi connectivity index (χ0v) is 15.0. The van der Waals surface area contributed by atoms with Crippen LogP contribution >= 0.6 is 23.2 Å². The number of rotatable bonds is 4. The van der Waals surface area contributed by atoms with Crippen molar-refractivity contribution < 1.29 is 14.3 Å². The van der Waals surface area contributed by atoms with E-state index in [9.17, 15) is 9.59 Å². The molecule has 0 aliphatic carbocycles. The van der Waals surface area contributed by atoms with Crippen molar-refractivity contribution in [2.45, 2.75) is 6.42 Å². The van der Waals surface area contributed by atoms with Crippen molar-refractivity contribution in [3.8, 4) is 5.75 Å². The average molecular weight is 379 g/mol. The van der Waals surface area contributed by atoms with Crippen LogP contribution < -0.4 is 15.0 Å². The molecular weight excluding hydrogens is 363 g/mol. The fourth-order valence-corrected chi connectivity index (χ4v) is 3.06. The summed E-state index contributed by atoms with van der Waals surface area (Å²) in [6.07, 6.45) is 0.134. The predicted octanol–water partition coefficient (Wildman–Crippen LogP) is 3.99. The van der Waals surface area contributed by atoms with Crippen LogP contribution in [0.15, 0.2) is 42.5 Å². The maximum atomic E-state index is 12.5. The van der Waals surface area contributed by atoms with Crippen LogP contribution in [0.1, 0.15) is 6.42 Å². The molecule has 0 unspecified atom stereocenters. The SMILES string of the molecule is COc1ccc(Cl)cc1N1C[C@@H](C(=O)Nc2ccc(Cl)cc2)CC1=O. The Labute approximate surface area is 155 Å². The van der Waals surface area contributed by atoms with Gasteiger partial charge in [0.25, 0.3) is 0 Å². The lowest BCUT2D eigenvalue weighted by Crippen LogP contribution is -2.28. The smallest absolute Gasteiger partial charge is 0.229 e. The summed E-state index contributed by atoms with van der Waals surface area (Å²) in [5.41, 5.74) is 1.21. The third-order valence-corrected chi connectivity index (χ3v) is 4.53. The van der Waals surface area contributed by atoms with Gasteiger partial charge in [-0.2, -0.15) is 0 Å². The van der Waals surface area contributed by atoms with E-state index in [1.54, 1.807) is 42.5 Å². The Hall–Kier alpha value is -2.24. The highest BCUT2D eigenvalue weighted by molar-refractivity contribution is 6.31. The van der Waals surface area contributed by atoms with E-state index in [2.05, 4.69) is 5.32 Å². The van der Waals surface area contributed by atoms with Crippen LogP contribution in [0.4, 0.5) is 11.4 Å². The molecule has 130 valence electrons. The van der Waals surface area contributed by atoms with Crippen molar-refractivity contribution in [3.05, 3.63) is 52.5 Å². The molecule has 0 bridgehead atoms. The standard InChI is InChI=1S/C18H16Cl2N2O3/c1-25-16-7-4-13(20)9-15(16)22-10-11(8-17(22)23)18(24)21-14-5-2-12(19)3-6-14/h2-7,9,11H,8,10H2,1H3,(H,21,24)/t11-/m0/s1. The first-order valence-corrected chi connectivity index (χ1v) is 8.44. The second kappa shape index (κ2) is 7.33. The van der Waals surface area contributed by atoms with Gasteiger partial charge in [-0.05, 0) is 42.5 Å². The minimum absolute atomic E-state index is 0.134. The minimum atomic E-state index is -0.452. The third-order valence-electron chi connectivity index (χ3n) is 4.04. The number of halogens is 2. The van der Waals surface area contributed by atoms with Crippen molar-refractivity contribution in [1.82, 2.24) is 0 Å². The number of benzene rings is 2. The first-order chi connectivity index (χ1) is 12.0. The predicted molar refractivity (Wildman–Crippen MR) is 98.5 cm³/mol. The zero-order chi connectivity index (χ0) is 18.0. The summed E-state index contributed by atoms with van der Waals surface area (Å²) in [5, 5.41) is 3.90. The van der Waals surface area contributed by atoms with E-state index in [0.29, 0.717) is 27.2 Å². The molecule has 0 spiro atoms. The maximum Gasteiger partial charge on any atom is 0.229 e. The summed E-state index contributed by atoms with van der Waals surface area (Å²) in [5.74, 6) is -0.264.